The number of sulfonamides is 1. The van der Waals surface area contributed by atoms with Crippen LogP contribution in [0.25, 0.3) is 0 Å². The summed E-state index contributed by atoms with van der Waals surface area (Å²) >= 11 is 0. The fraction of sp³-hybridized carbons (Fsp3) is 0.632. The molecule has 3 rings (SSSR count). The monoisotopic (exact) mass is 395 g/mol. The topological polar surface area (TPSA) is 96.5 Å². The Labute approximate surface area is 161 Å². The van der Waals surface area contributed by atoms with Gasteiger partial charge in [0.2, 0.25) is 15.9 Å². The molecule has 2 aliphatic carbocycles. The number of nitrogens with one attached hydrogen (secondary N) is 3. The predicted molar refractivity (Wildman–Crippen MR) is 104 cm³/mol. The van der Waals surface area contributed by atoms with Crippen LogP contribution in [-0.2, 0) is 14.8 Å². The molecule has 0 bridgehead atoms. The maximum absolute atomic E-state index is 12.4. The Bertz CT molecular complexity index is 777. The van der Waals surface area contributed by atoms with Crippen LogP contribution in [0.15, 0.2) is 23.1 Å². The highest BCUT2D eigenvalue weighted by atomic mass is 32.2. The molecule has 8 heteroatoms. The van der Waals surface area contributed by atoms with Crippen molar-refractivity contribution in [3.8, 4) is 5.75 Å². The van der Waals surface area contributed by atoms with Gasteiger partial charge in [0.05, 0.1) is 24.2 Å². The van der Waals surface area contributed by atoms with Crippen LogP contribution in [-0.4, -0.2) is 40.1 Å². The zero-order valence-corrected chi connectivity index (χ0v) is 16.8. The van der Waals surface area contributed by atoms with Gasteiger partial charge in [-0.3, -0.25) is 4.79 Å². The van der Waals surface area contributed by atoms with E-state index in [1.165, 1.54) is 25.7 Å². The second kappa shape index (κ2) is 8.48. The summed E-state index contributed by atoms with van der Waals surface area (Å²) in [6.45, 7) is 2.24. The molecule has 0 unspecified atom stereocenters. The molecule has 1 aromatic carbocycles. The normalized spacial score (nSPS) is 22.9. The van der Waals surface area contributed by atoms with Crippen LogP contribution in [0, 0.1) is 5.92 Å². The number of rotatable bonds is 8. The van der Waals surface area contributed by atoms with E-state index in [4.69, 9.17) is 4.74 Å². The van der Waals surface area contributed by atoms with Gasteiger partial charge >= 0.3 is 0 Å². The van der Waals surface area contributed by atoms with Crippen LogP contribution in [0.5, 0.6) is 5.75 Å². The second-order valence-corrected chi connectivity index (χ2v) is 9.26. The molecule has 2 aliphatic rings. The summed E-state index contributed by atoms with van der Waals surface area (Å²) in [5.41, 5.74) is 0.489. The third kappa shape index (κ3) is 5.35. The number of carbonyl (C=O) groups is 1. The molecule has 0 aliphatic heterocycles. The Balaban J connectivity index is 1.64. The lowest BCUT2D eigenvalue weighted by molar-refractivity contribution is -0.120. The highest BCUT2D eigenvalue weighted by Gasteiger charge is 2.28. The van der Waals surface area contributed by atoms with Crippen LogP contribution in [0.1, 0.15) is 45.4 Å². The van der Waals surface area contributed by atoms with Crippen molar-refractivity contribution in [3.63, 3.8) is 0 Å². The van der Waals surface area contributed by atoms with Gasteiger partial charge in [-0.2, -0.15) is 0 Å². The standard InChI is InChI=1S/C19H29N3O4S/c1-13-5-3-4-6-16(13)21-19(23)12-20-17-11-15(9-10-18(17)26-2)27(24,25)22-14-7-8-14/h9-11,13-14,16,20,22H,3-8,12H2,1-2H3,(H,21,23)/t13-,16-/m1/s1. The van der Waals surface area contributed by atoms with E-state index < -0.39 is 10.0 Å². The zero-order valence-electron chi connectivity index (χ0n) is 16.0. The minimum absolute atomic E-state index is 0.0387. The highest BCUT2D eigenvalue weighted by molar-refractivity contribution is 7.89. The maximum atomic E-state index is 12.4. The third-order valence-electron chi connectivity index (χ3n) is 5.28. The Morgan fingerprint density at radius 1 is 1.19 bits per heavy atom. The summed E-state index contributed by atoms with van der Waals surface area (Å²) in [6.07, 6.45) is 6.26. The lowest BCUT2D eigenvalue weighted by atomic mass is 9.86. The number of ether oxygens (including phenoxy) is 1. The number of anilines is 1. The highest BCUT2D eigenvalue weighted by Crippen LogP contribution is 2.29. The van der Waals surface area contributed by atoms with E-state index in [2.05, 4.69) is 22.3 Å². The van der Waals surface area contributed by atoms with Crippen molar-refractivity contribution in [2.45, 2.75) is 62.4 Å². The van der Waals surface area contributed by atoms with E-state index in [1.54, 1.807) is 6.07 Å². The van der Waals surface area contributed by atoms with Crippen LogP contribution in [0.3, 0.4) is 0 Å². The predicted octanol–water partition coefficient (Wildman–Crippen LogP) is 2.24. The van der Waals surface area contributed by atoms with E-state index >= 15 is 0 Å². The average molecular weight is 396 g/mol. The molecule has 1 aromatic rings. The van der Waals surface area contributed by atoms with Crippen molar-refractivity contribution in [2.75, 3.05) is 19.0 Å². The molecular formula is C19H29N3O4S. The number of hydrogen-bond donors (Lipinski definition) is 3. The zero-order chi connectivity index (χ0) is 19.4. The van der Waals surface area contributed by atoms with Crippen molar-refractivity contribution >= 4 is 21.6 Å². The first kappa shape index (κ1) is 19.9. The van der Waals surface area contributed by atoms with Gasteiger partial charge < -0.3 is 15.4 Å². The summed E-state index contributed by atoms with van der Waals surface area (Å²) in [5.74, 6) is 0.888. The summed E-state index contributed by atoms with van der Waals surface area (Å²) in [6, 6.07) is 4.88. The maximum Gasteiger partial charge on any atom is 0.240 e. The molecule has 2 atom stereocenters. The molecule has 150 valence electrons. The molecule has 0 heterocycles. The van der Waals surface area contributed by atoms with Gasteiger partial charge in [-0.05, 0) is 49.8 Å². The summed E-state index contributed by atoms with van der Waals surface area (Å²) in [5, 5.41) is 6.10. The summed E-state index contributed by atoms with van der Waals surface area (Å²) in [4.78, 5) is 12.5. The minimum Gasteiger partial charge on any atom is -0.495 e. The molecule has 2 fully saturated rings. The molecule has 7 nitrogen and oxygen atoms in total. The lowest BCUT2D eigenvalue weighted by Gasteiger charge is -2.29. The minimum atomic E-state index is -3.56. The van der Waals surface area contributed by atoms with Gasteiger partial charge in [-0.25, -0.2) is 13.1 Å². The van der Waals surface area contributed by atoms with Crippen molar-refractivity contribution in [2.24, 2.45) is 5.92 Å². The fourth-order valence-electron chi connectivity index (χ4n) is 3.45. The number of hydrogen-bond acceptors (Lipinski definition) is 5. The number of benzene rings is 1. The first-order chi connectivity index (χ1) is 12.9. The van der Waals surface area contributed by atoms with Gasteiger partial charge in [0.15, 0.2) is 0 Å². The Kier molecular flexibility index (Phi) is 6.26. The molecule has 3 N–H and O–H groups in total. The van der Waals surface area contributed by atoms with Gasteiger partial charge in [0.1, 0.15) is 5.75 Å². The molecule has 0 aromatic heterocycles. The molecular weight excluding hydrogens is 366 g/mol. The van der Waals surface area contributed by atoms with Crippen LogP contribution in [0.2, 0.25) is 0 Å². The van der Waals surface area contributed by atoms with Crippen molar-refractivity contribution in [1.82, 2.24) is 10.0 Å². The number of methoxy groups -OCH3 is 1. The Hall–Kier alpha value is -1.80. The van der Waals surface area contributed by atoms with Crippen molar-refractivity contribution < 1.29 is 17.9 Å². The summed E-state index contributed by atoms with van der Waals surface area (Å²) in [7, 11) is -2.04. The molecule has 1 amide bonds. The number of carbonyl (C=O) groups excluding carboxylic acids is 1. The largest absolute Gasteiger partial charge is 0.495 e. The van der Waals surface area contributed by atoms with Crippen LogP contribution >= 0.6 is 0 Å². The van der Waals surface area contributed by atoms with E-state index in [0.717, 1.165) is 32.1 Å². The second-order valence-electron chi connectivity index (χ2n) is 7.55. The van der Waals surface area contributed by atoms with E-state index in [-0.39, 0.29) is 29.4 Å². The van der Waals surface area contributed by atoms with E-state index in [9.17, 15) is 13.2 Å². The van der Waals surface area contributed by atoms with Crippen molar-refractivity contribution in [1.29, 1.82) is 0 Å². The third-order valence-corrected chi connectivity index (χ3v) is 6.80. The van der Waals surface area contributed by atoms with Gasteiger partial charge in [-0.15, -0.1) is 0 Å². The lowest BCUT2D eigenvalue weighted by Crippen LogP contribution is -2.43. The van der Waals surface area contributed by atoms with E-state index in [0.29, 0.717) is 17.4 Å². The van der Waals surface area contributed by atoms with E-state index in [1.807, 2.05) is 0 Å². The average Bonchev–Trinajstić information content (AvgIpc) is 3.45. The molecule has 0 saturated heterocycles. The number of amides is 1. The summed E-state index contributed by atoms with van der Waals surface area (Å²) < 4.78 is 32.8. The smallest absolute Gasteiger partial charge is 0.240 e. The van der Waals surface area contributed by atoms with Crippen LogP contribution in [0.4, 0.5) is 5.69 Å². The molecule has 0 radical (unpaired) electrons. The Morgan fingerprint density at radius 3 is 2.59 bits per heavy atom. The first-order valence-corrected chi connectivity index (χ1v) is 11.1. The molecule has 2 saturated carbocycles. The fourth-order valence-corrected chi connectivity index (χ4v) is 4.78. The van der Waals surface area contributed by atoms with Crippen LogP contribution < -0.4 is 20.1 Å². The molecule has 27 heavy (non-hydrogen) atoms. The first-order valence-electron chi connectivity index (χ1n) is 9.62. The van der Waals surface area contributed by atoms with Gasteiger partial charge in [0.25, 0.3) is 0 Å². The van der Waals surface area contributed by atoms with Gasteiger partial charge in [0, 0.05) is 12.1 Å². The Morgan fingerprint density at radius 2 is 1.93 bits per heavy atom. The van der Waals surface area contributed by atoms with Gasteiger partial charge in [-0.1, -0.05) is 19.8 Å². The van der Waals surface area contributed by atoms with Crippen molar-refractivity contribution in [3.05, 3.63) is 18.2 Å². The quantitative estimate of drug-likeness (QED) is 0.627. The SMILES string of the molecule is COc1ccc(S(=O)(=O)NC2CC2)cc1NCC(=O)N[C@@H]1CCCC[C@H]1C. The molecule has 0 spiro atoms.